The van der Waals surface area contributed by atoms with Crippen LogP contribution in [0.25, 0.3) is 11.3 Å². The van der Waals surface area contributed by atoms with Crippen LogP contribution in [0.4, 0.5) is 0 Å². The van der Waals surface area contributed by atoms with Crippen LogP contribution in [-0.4, -0.2) is 52.7 Å². The third-order valence-corrected chi connectivity index (χ3v) is 5.87. The second kappa shape index (κ2) is 12.3. The Morgan fingerprint density at radius 3 is 2.20 bits per heavy atom. The van der Waals surface area contributed by atoms with Crippen LogP contribution < -0.4 is 4.74 Å². The summed E-state index contributed by atoms with van der Waals surface area (Å²) in [5, 5.41) is 15.7. The zero-order valence-electron chi connectivity index (χ0n) is 20.4. The molecule has 0 saturated carbocycles. The molecule has 0 amide bonds. The Labute approximate surface area is 207 Å². The van der Waals surface area contributed by atoms with Crippen molar-refractivity contribution in [2.45, 2.75) is 19.1 Å². The molecular formula is C29H33N3O3. The van der Waals surface area contributed by atoms with E-state index in [2.05, 4.69) is 17.0 Å². The third kappa shape index (κ3) is 6.79. The number of ether oxygens (including phenoxy) is 2. The Morgan fingerprint density at radius 2 is 1.54 bits per heavy atom. The van der Waals surface area contributed by atoms with Crippen LogP contribution in [-0.2, 0) is 24.8 Å². The quantitative estimate of drug-likeness (QED) is 0.317. The second-order valence-corrected chi connectivity index (χ2v) is 8.61. The van der Waals surface area contributed by atoms with E-state index in [4.69, 9.17) is 14.6 Å². The molecule has 1 heterocycles. The number of hydrogen-bond acceptors (Lipinski definition) is 5. The van der Waals surface area contributed by atoms with Crippen LogP contribution in [0, 0.1) is 0 Å². The minimum atomic E-state index is -0.510. The fourth-order valence-electron chi connectivity index (χ4n) is 4.18. The summed E-state index contributed by atoms with van der Waals surface area (Å²) in [5.41, 5.74) is 3.99. The summed E-state index contributed by atoms with van der Waals surface area (Å²) in [6, 6.07) is 30.0. The first kappa shape index (κ1) is 24.7. The third-order valence-electron chi connectivity index (χ3n) is 5.87. The van der Waals surface area contributed by atoms with Crippen LogP contribution in [0.3, 0.4) is 0 Å². The molecule has 0 aliphatic heterocycles. The number of aliphatic hydroxyl groups excluding tert-OH is 1. The highest BCUT2D eigenvalue weighted by atomic mass is 16.5. The summed E-state index contributed by atoms with van der Waals surface area (Å²) in [7, 11) is 3.60. The van der Waals surface area contributed by atoms with Crippen LogP contribution in [0.15, 0.2) is 91.0 Å². The molecule has 6 heteroatoms. The molecule has 6 nitrogen and oxygen atoms in total. The molecule has 0 radical (unpaired) electrons. The lowest BCUT2D eigenvalue weighted by Gasteiger charge is -2.25. The van der Waals surface area contributed by atoms with Gasteiger partial charge in [0, 0.05) is 39.4 Å². The highest BCUT2D eigenvalue weighted by Crippen LogP contribution is 2.34. The van der Waals surface area contributed by atoms with Crippen molar-refractivity contribution in [1.29, 1.82) is 0 Å². The van der Waals surface area contributed by atoms with E-state index in [1.165, 1.54) is 0 Å². The lowest BCUT2D eigenvalue weighted by Crippen LogP contribution is -2.35. The number of benzene rings is 3. The number of aryl methyl sites for hydroxylation is 1. The lowest BCUT2D eigenvalue weighted by molar-refractivity contribution is 0.0848. The van der Waals surface area contributed by atoms with Crippen molar-refractivity contribution >= 4 is 0 Å². The zero-order chi connectivity index (χ0) is 24.5. The summed E-state index contributed by atoms with van der Waals surface area (Å²) in [4.78, 5) is 2.21. The maximum Gasteiger partial charge on any atom is 0.222 e. The van der Waals surface area contributed by atoms with Crippen molar-refractivity contribution < 1.29 is 14.6 Å². The number of para-hydroxylation sites is 1. The van der Waals surface area contributed by atoms with Gasteiger partial charge in [0.2, 0.25) is 5.88 Å². The Balaban J connectivity index is 1.63. The fraction of sp³-hybridized carbons (Fsp3) is 0.276. The van der Waals surface area contributed by atoms with Gasteiger partial charge in [0.05, 0.1) is 18.3 Å². The minimum absolute atomic E-state index is 0.506. The van der Waals surface area contributed by atoms with E-state index < -0.39 is 6.10 Å². The molecule has 0 saturated heterocycles. The van der Waals surface area contributed by atoms with Crippen molar-refractivity contribution in [3.63, 3.8) is 0 Å². The first-order valence-corrected chi connectivity index (χ1v) is 11.9. The maximum atomic E-state index is 10.9. The molecule has 0 spiro atoms. The SMILES string of the molecule is COCCN(Cc1c(-c2ccccc2)nn(C)c1Oc1ccccc1)C[C@@H](O)Cc1ccccc1. The summed E-state index contributed by atoms with van der Waals surface area (Å²) in [5.74, 6) is 1.44. The van der Waals surface area contributed by atoms with Gasteiger partial charge in [0.1, 0.15) is 11.4 Å². The predicted molar refractivity (Wildman–Crippen MR) is 138 cm³/mol. The van der Waals surface area contributed by atoms with Gasteiger partial charge >= 0.3 is 0 Å². The van der Waals surface area contributed by atoms with Gasteiger partial charge in [-0.1, -0.05) is 78.9 Å². The molecule has 0 aliphatic carbocycles. The fourth-order valence-corrected chi connectivity index (χ4v) is 4.18. The smallest absolute Gasteiger partial charge is 0.222 e. The van der Waals surface area contributed by atoms with E-state index in [0.717, 1.165) is 28.1 Å². The summed E-state index contributed by atoms with van der Waals surface area (Å²) in [6.07, 6.45) is 0.0839. The molecule has 3 aromatic carbocycles. The summed E-state index contributed by atoms with van der Waals surface area (Å²) in [6.45, 7) is 2.31. The summed E-state index contributed by atoms with van der Waals surface area (Å²) < 4.78 is 13.5. The molecule has 4 rings (SSSR count). The Kier molecular flexibility index (Phi) is 8.68. The van der Waals surface area contributed by atoms with Crippen LogP contribution >= 0.6 is 0 Å². The van der Waals surface area contributed by atoms with E-state index in [-0.39, 0.29) is 0 Å². The highest BCUT2D eigenvalue weighted by molar-refractivity contribution is 5.65. The van der Waals surface area contributed by atoms with Crippen molar-refractivity contribution in [2.24, 2.45) is 7.05 Å². The largest absolute Gasteiger partial charge is 0.439 e. The molecule has 1 atom stereocenters. The Hall–Kier alpha value is -3.45. The van der Waals surface area contributed by atoms with Crippen LogP contribution in [0.5, 0.6) is 11.6 Å². The van der Waals surface area contributed by atoms with Crippen LogP contribution in [0.1, 0.15) is 11.1 Å². The van der Waals surface area contributed by atoms with Gasteiger partial charge in [0.15, 0.2) is 0 Å². The van der Waals surface area contributed by atoms with Crippen molar-refractivity contribution in [1.82, 2.24) is 14.7 Å². The number of nitrogens with zero attached hydrogens (tertiary/aromatic N) is 3. The van der Waals surface area contributed by atoms with E-state index >= 15 is 0 Å². The zero-order valence-corrected chi connectivity index (χ0v) is 20.4. The van der Waals surface area contributed by atoms with Gasteiger partial charge in [0.25, 0.3) is 0 Å². The van der Waals surface area contributed by atoms with E-state index in [1.54, 1.807) is 11.8 Å². The monoisotopic (exact) mass is 471 g/mol. The molecule has 0 bridgehead atoms. The first-order valence-electron chi connectivity index (χ1n) is 11.9. The standard InChI is InChI=1S/C29H33N3O3/c1-31-29(35-26-16-10-5-11-17-26)27(28(30-31)24-14-8-4-9-15-24)22-32(18-19-34-2)21-25(33)20-23-12-6-3-7-13-23/h3-17,25,33H,18-22H2,1-2H3/t25-/m0/s1. The highest BCUT2D eigenvalue weighted by Gasteiger charge is 2.23. The minimum Gasteiger partial charge on any atom is -0.439 e. The first-order chi connectivity index (χ1) is 17.1. The van der Waals surface area contributed by atoms with Crippen molar-refractivity contribution in [3.05, 3.63) is 102 Å². The molecule has 0 unspecified atom stereocenters. The number of rotatable bonds is 12. The molecular weight excluding hydrogens is 438 g/mol. The van der Waals surface area contributed by atoms with Crippen molar-refractivity contribution in [2.75, 3.05) is 26.8 Å². The van der Waals surface area contributed by atoms with Gasteiger partial charge in [-0.15, -0.1) is 0 Å². The van der Waals surface area contributed by atoms with Crippen molar-refractivity contribution in [3.8, 4) is 22.9 Å². The average Bonchev–Trinajstić information content (AvgIpc) is 3.19. The topological polar surface area (TPSA) is 59.8 Å². The van der Waals surface area contributed by atoms with E-state index in [1.807, 2.05) is 85.9 Å². The van der Waals surface area contributed by atoms with E-state index in [9.17, 15) is 5.11 Å². The van der Waals surface area contributed by atoms with Gasteiger partial charge in [-0.25, -0.2) is 4.68 Å². The van der Waals surface area contributed by atoms with Gasteiger partial charge in [-0.3, -0.25) is 4.90 Å². The molecule has 1 aromatic heterocycles. The molecule has 0 aliphatic rings. The average molecular weight is 472 g/mol. The maximum absolute atomic E-state index is 10.9. The Morgan fingerprint density at radius 1 is 0.914 bits per heavy atom. The number of hydrogen-bond donors (Lipinski definition) is 1. The predicted octanol–water partition coefficient (Wildman–Crippen LogP) is 4.93. The van der Waals surface area contributed by atoms with E-state index in [0.29, 0.717) is 38.5 Å². The molecule has 1 N–H and O–H groups in total. The molecule has 4 aromatic rings. The Bertz CT molecular complexity index is 1160. The van der Waals surface area contributed by atoms with Gasteiger partial charge in [-0.05, 0) is 24.1 Å². The number of methoxy groups -OCH3 is 1. The van der Waals surface area contributed by atoms with Crippen LogP contribution in [0.2, 0.25) is 0 Å². The number of aromatic nitrogens is 2. The molecule has 35 heavy (non-hydrogen) atoms. The number of aliphatic hydroxyl groups is 1. The van der Waals surface area contributed by atoms with Gasteiger partial charge in [-0.2, -0.15) is 5.10 Å². The normalized spacial score (nSPS) is 12.1. The van der Waals surface area contributed by atoms with Gasteiger partial charge < -0.3 is 14.6 Å². The lowest BCUT2D eigenvalue weighted by atomic mass is 10.1. The second-order valence-electron chi connectivity index (χ2n) is 8.61. The molecule has 0 fully saturated rings. The molecule has 182 valence electrons. The summed E-state index contributed by atoms with van der Waals surface area (Å²) >= 11 is 0.